The van der Waals surface area contributed by atoms with Crippen molar-refractivity contribution in [3.63, 3.8) is 0 Å². The summed E-state index contributed by atoms with van der Waals surface area (Å²) in [6.07, 6.45) is 10.2. The van der Waals surface area contributed by atoms with Crippen LogP contribution in [0.1, 0.15) is 160 Å². The molecule has 0 fully saturated rings. The zero-order chi connectivity index (χ0) is 58.1. The van der Waals surface area contributed by atoms with Gasteiger partial charge in [0, 0.05) is 23.0 Å². The molecule has 5 heteroatoms. The van der Waals surface area contributed by atoms with Gasteiger partial charge in [-0.3, -0.25) is 13.7 Å². The van der Waals surface area contributed by atoms with Gasteiger partial charge >= 0.3 is 0 Å². The highest BCUT2D eigenvalue weighted by Crippen LogP contribution is 2.48. The number of rotatable bonds is 13. The predicted octanol–water partition coefficient (Wildman–Crippen LogP) is 20.9. The van der Waals surface area contributed by atoms with E-state index in [1.54, 1.807) is 0 Å². The van der Waals surface area contributed by atoms with Gasteiger partial charge in [0.05, 0.1) is 33.4 Å². The van der Waals surface area contributed by atoms with Crippen LogP contribution >= 0.6 is 0 Å². The van der Waals surface area contributed by atoms with Crippen molar-refractivity contribution in [2.75, 3.05) is 0 Å². The van der Waals surface area contributed by atoms with Crippen LogP contribution in [0.3, 0.4) is 0 Å². The first-order chi connectivity index (χ1) is 37.9. The van der Waals surface area contributed by atoms with Crippen molar-refractivity contribution in [3.05, 3.63) is 199 Å². The summed E-state index contributed by atoms with van der Waals surface area (Å²) >= 11 is 0. The fraction of sp³-hybridized carbons (Fsp3) is 0.368. The van der Waals surface area contributed by atoms with Crippen molar-refractivity contribution < 1.29 is 9.30 Å². The smallest absolute Gasteiger partial charge is 0.269 e. The summed E-state index contributed by atoms with van der Waals surface area (Å²) in [4.78, 5) is 4.93. The Kier molecular flexibility index (Phi) is 14.7. The molecule has 0 aliphatic heterocycles. The zero-order valence-corrected chi connectivity index (χ0v) is 51.8. The fourth-order valence-electron chi connectivity index (χ4n) is 14.1. The van der Waals surface area contributed by atoms with E-state index in [2.05, 4.69) is 302 Å². The second-order valence-electron chi connectivity index (χ2n) is 30.0. The molecule has 3 heterocycles. The Labute approximate surface area is 485 Å². The van der Waals surface area contributed by atoms with Crippen molar-refractivity contribution in [2.45, 2.75) is 160 Å². The summed E-state index contributed by atoms with van der Waals surface area (Å²) in [6, 6.07) is 62.4. The lowest BCUT2D eigenvalue weighted by molar-refractivity contribution is -0.571. The Morgan fingerprint density at radius 2 is 0.938 bits per heavy atom. The van der Waals surface area contributed by atoms with Gasteiger partial charge in [0.25, 0.3) is 6.33 Å². The standard InChI is InChI=1S/C76H88N4O/c1-70(2,3)47-75(16,48-71(4,5)6)55-28-22-26-52(42-55)60-33-25-34-61(53-27-23-29-56(43-53)76(17,49-72(7,8)9)50-73(10,11)12)69(60)79-51-78(65-36-20-21-37-66(65)79)57-30-24-31-58(45-57)81-59-38-39-63-62-32-18-19-35-64(62)80(67(63)46-59)68-44-54(40-41-77-68)74(13,14)15/h18-46H,47-50H2,1-17H3. The van der Waals surface area contributed by atoms with E-state index < -0.39 is 0 Å². The van der Waals surface area contributed by atoms with Gasteiger partial charge in [-0.15, -0.1) is 0 Å². The Hall–Kier alpha value is -7.24. The van der Waals surface area contributed by atoms with Crippen molar-refractivity contribution in [1.29, 1.82) is 0 Å². The summed E-state index contributed by atoms with van der Waals surface area (Å²) in [5.41, 5.74) is 15.4. The van der Waals surface area contributed by atoms with Crippen LogP contribution in [-0.2, 0) is 16.2 Å². The molecule has 0 aliphatic rings. The molecule has 0 radical (unpaired) electrons. The third-order valence-corrected chi connectivity index (χ3v) is 16.0. The average Bonchev–Trinajstić information content (AvgIpc) is 3.00. The number of nitrogens with zero attached hydrogens (tertiary/aromatic N) is 4. The second kappa shape index (κ2) is 20.9. The summed E-state index contributed by atoms with van der Waals surface area (Å²) in [5, 5.41) is 2.33. The Morgan fingerprint density at radius 1 is 0.432 bits per heavy atom. The van der Waals surface area contributed by atoms with Gasteiger partial charge in [-0.1, -0.05) is 233 Å². The van der Waals surface area contributed by atoms with Crippen LogP contribution < -0.4 is 9.30 Å². The summed E-state index contributed by atoms with van der Waals surface area (Å²) < 4.78 is 13.7. The van der Waals surface area contributed by atoms with Gasteiger partial charge in [-0.2, -0.15) is 0 Å². The lowest BCUT2D eigenvalue weighted by Gasteiger charge is -2.41. The highest BCUT2D eigenvalue weighted by atomic mass is 16.5. The highest BCUT2D eigenvalue weighted by Gasteiger charge is 2.38. The lowest BCUT2D eigenvalue weighted by Crippen LogP contribution is -2.33. The molecule has 0 N–H and O–H groups in total. The van der Waals surface area contributed by atoms with Crippen LogP contribution in [0.4, 0.5) is 0 Å². The van der Waals surface area contributed by atoms with Crippen LogP contribution in [-0.4, -0.2) is 14.1 Å². The van der Waals surface area contributed by atoms with Crippen LogP contribution in [0.2, 0.25) is 0 Å². The van der Waals surface area contributed by atoms with E-state index in [-0.39, 0.29) is 37.9 Å². The van der Waals surface area contributed by atoms with E-state index in [1.165, 1.54) is 33.2 Å². The van der Waals surface area contributed by atoms with Crippen molar-refractivity contribution in [2.24, 2.45) is 21.7 Å². The molecule has 3 aromatic heterocycles. The monoisotopic (exact) mass is 1070 g/mol. The maximum absolute atomic E-state index is 6.90. The van der Waals surface area contributed by atoms with Gasteiger partial charge in [-0.05, 0) is 151 Å². The molecule has 7 aromatic carbocycles. The first-order valence-corrected chi connectivity index (χ1v) is 29.5. The number of benzene rings is 7. The molecule has 0 unspecified atom stereocenters. The topological polar surface area (TPSA) is 35.9 Å². The maximum Gasteiger partial charge on any atom is 0.269 e. The Morgan fingerprint density at radius 3 is 1.51 bits per heavy atom. The van der Waals surface area contributed by atoms with Gasteiger partial charge in [0.15, 0.2) is 0 Å². The first kappa shape index (κ1) is 57.0. The number of ether oxygens (including phenoxy) is 1. The number of hydrogen-bond acceptors (Lipinski definition) is 2. The lowest BCUT2D eigenvalue weighted by atomic mass is 9.64. The van der Waals surface area contributed by atoms with Gasteiger partial charge in [-0.25, -0.2) is 4.98 Å². The summed E-state index contributed by atoms with van der Waals surface area (Å²) in [6.45, 7) is 40.4. The SMILES string of the molecule is CC(C)(C)CC(C)(CC(C)(C)C)c1cccc(-c2cccc(-c3cccc(C(C)(CC(C)(C)C)CC(C)(C)C)c3)c2-[n+]2[c-]n(-c3cccc(Oc4ccc5c6ccccc6n(-c6cc(C(C)(C)C)ccn6)c5c4)c3)c3ccccc32)c1. The summed E-state index contributed by atoms with van der Waals surface area (Å²) in [7, 11) is 0. The normalized spacial score (nSPS) is 13.2. The molecule has 0 spiro atoms. The third kappa shape index (κ3) is 12.3. The Bertz CT molecular complexity index is 3790. The Balaban J connectivity index is 1.13. The van der Waals surface area contributed by atoms with E-state index in [0.29, 0.717) is 0 Å². The van der Waals surface area contributed by atoms with Crippen LogP contribution in [0.25, 0.3) is 72.3 Å². The molecule has 81 heavy (non-hydrogen) atoms. The van der Waals surface area contributed by atoms with Crippen LogP contribution in [0.5, 0.6) is 11.5 Å². The number of hydrogen-bond donors (Lipinski definition) is 0. The van der Waals surface area contributed by atoms with Gasteiger partial charge in [0.1, 0.15) is 17.3 Å². The molecule has 418 valence electrons. The minimum Gasteiger partial charge on any atom is -0.458 e. The number of imidazole rings is 1. The number of para-hydroxylation sites is 4. The number of aromatic nitrogens is 4. The zero-order valence-electron chi connectivity index (χ0n) is 51.8. The molecule has 0 atom stereocenters. The van der Waals surface area contributed by atoms with Gasteiger partial charge in [0.2, 0.25) is 0 Å². The quantitative estimate of drug-likeness (QED) is 0.0852. The molecule has 0 bridgehead atoms. The van der Waals surface area contributed by atoms with Crippen molar-refractivity contribution in [1.82, 2.24) is 14.1 Å². The third-order valence-electron chi connectivity index (χ3n) is 16.0. The molecule has 0 saturated heterocycles. The fourth-order valence-corrected chi connectivity index (χ4v) is 14.1. The largest absolute Gasteiger partial charge is 0.458 e. The first-order valence-electron chi connectivity index (χ1n) is 29.5. The molecule has 0 amide bonds. The van der Waals surface area contributed by atoms with E-state index in [9.17, 15) is 0 Å². The predicted molar refractivity (Wildman–Crippen MR) is 343 cm³/mol. The van der Waals surface area contributed by atoms with E-state index in [0.717, 1.165) is 93.0 Å². The van der Waals surface area contributed by atoms with E-state index >= 15 is 0 Å². The summed E-state index contributed by atoms with van der Waals surface area (Å²) in [5.74, 6) is 2.37. The molecule has 10 aromatic rings. The van der Waals surface area contributed by atoms with Crippen molar-refractivity contribution >= 4 is 32.8 Å². The molecular formula is C76H88N4O. The molecule has 10 rings (SSSR count). The molecule has 5 nitrogen and oxygen atoms in total. The number of fused-ring (bicyclic) bond motifs is 4. The second-order valence-corrected chi connectivity index (χ2v) is 30.0. The van der Waals surface area contributed by atoms with Crippen molar-refractivity contribution in [3.8, 4) is 50.9 Å². The molecule has 0 saturated carbocycles. The molecule has 0 aliphatic carbocycles. The van der Waals surface area contributed by atoms with Crippen LogP contribution in [0, 0.1) is 28.0 Å². The van der Waals surface area contributed by atoms with Gasteiger partial charge < -0.3 is 4.74 Å². The molecular weight excluding hydrogens is 985 g/mol. The minimum absolute atomic E-state index is 0.0261. The van der Waals surface area contributed by atoms with E-state index in [1.807, 2.05) is 12.3 Å². The van der Waals surface area contributed by atoms with Crippen LogP contribution in [0.15, 0.2) is 176 Å². The maximum atomic E-state index is 6.90. The highest BCUT2D eigenvalue weighted by molar-refractivity contribution is 6.09. The minimum atomic E-state index is -0.0506. The average molecular weight is 1070 g/mol. The van der Waals surface area contributed by atoms with E-state index in [4.69, 9.17) is 9.72 Å². The number of pyridine rings is 1.